The lowest BCUT2D eigenvalue weighted by Crippen LogP contribution is -2.29. The fourth-order valence-electron chi connectivity index (χ4n) is 2.21. The zero-order valence-electron chi connectivity index (χ0n) is 9.49. The molecule has 84 valence electrons. The lowest BCUT2D eigenvalue weighted by Gasteiger charge is -2.25. The van der Waals surface area contributed by atoms with Crippen molar-refractivity contribution in [3.8, 4) is 0 Å². The molecule has 1 fully saturated rings. The van der Waals surface area contributed by atoms with Crippen molar-refractivity contribution in [2.24, 2.45) is 0 Å². The average Bonchev–Trinajstić information content (AvgIpc) is 2.78. The fraction of sp³-hybridized carbons (Fsp3) is 0.818. The van der Waals surface area contributed by atoms with E-state index in [9.17, 15) is 0 Å². The first-order valence-corrected chi connectivity index (χ1v) is 5.83. The summed E-state index contributed by atoms with van der Waals surface area (Å²) in [6.45, 7) is 2.05. The molecule has 1 aliphatic carbocycles. The first kappa shape index (κ1) is 10.6. The first-order chi connectivity index (χ1) is 7.33. The Bertz CT molecular complexity index is 303. The molecule has 1 saturated carbocycles. The summed E-state index contributed by atoms with van der Waals surface area (Å²) in [6, 6.07) is 0.676. The van der Waals surface area contributed by atoms with Crippen LogP contribution in [0.1, 0.15) is 50.2 Å². The van der Waals surface area contributed by atoms with Gasteiger partial charge >= 0.3 is 0 Å². The standard InChI is InChI=1S/C11H19N3O/c1-3-10-13-11(15-14-10)8-4-6-9(12-2)7-5-8/h8-9,12H,3-7H2,1-2H3. The smallest absolute Gasteiger partial charge is 0.229 e. The van der Waals surface area contributed by atoms with E-state index in [0.29, 0.717) is 12.0 Å². The molecule has 0 amide bonds. The highest BCUT2D eigenvalue weighted by Gasteiger charge is 2.25. The molecule has 1 heterocycles. The molecule has 0 aromatic carbocycles. The van der Waals surface area contributed by atoms with E-state index in [1.165, 1.54) is 12.8 Å². The second-order valence-corrected chi connectivity index (χ2v) is 4.24. The molecule has 1 N–H and O–H groups in total. The van der Waals surface area contributed by atoms with Crippen LogP contribution in [0, 0.1) is 0 Å². The van der Waals surface area contributed by atoms with Crippen molar-refractivity contribution in [2.75, 3.05) is 7.05 Å². The predicted molar refractivity (Wildman–Crippen MR) is 57.7 cm³/mol. The van der Waals surface area contributed by atoms with Crippen molar-refractivity contribution in [1.29, 1.82) is 0 Å². The number of nitrogens with zero attached hydrogens (tertiary/aromatic N) is 2. The Labute approximate surface area is 90.4 Å². The minimum Gasteiger partial charge on any atom is -0.339 e. The van der Waals surface area contributed by atoms with Crippen molar-refractivity contribution < 1.29 is 4.52 Å². The number of aryl methyl sites for hydroxylation is 1. The molecule has 4 heteroatoms. The molecule has 1 aliphatic rings. The number of hydrogen-bond donors (Lipinski definition) is 1. The minimum absolute atomic E-state index is 0.488. The fourth-order valence-corrected chi connectivity index (χ4v) is 2.21. The number of hydrogen-bond acceptors (Lipinski definition) is 4. The third-order valence-corrected chi connectivity index (χ3v) is 3.28. The highest BCUT2D eigenvalue weighted by atomic mass is 16.5. The third kappa shape index (κ3) is 2.37. The maximum Gasteiger partial charge on any atom is 0.229 e. The van der Waals surface area contributed by atoms with Gasteiger partial charge in [0.15, 0.2) is 5.82 Å². The van der Waals surface area contributed by atoms with E-state index in [0.717, 1.165) is 31.0 Å². The number of nitrogens with one attached hydrogen (secondary N) is 1. The van der Waals surface area contributed by atoms with Gasteiger partial charge in [0.25, 0.3) is 0 Å². The van der Waals surface area contributed by atoms with Crippen LogP contribution in [0.2, 0.25) is 0 Å². The normalized spacial score (nSPS) is 26.8. The van der Waals surface area contributed by atoms with Crippen LogP contribution in [0.15, 0.2) is 4.52 Å². The lowest BCUT2D eigenvalue weighted by molar-refractivity contribution is 0.287. The molecular formula is C11H19N3O. The van der Waals surface area contributed by atoms with Gasteiger partial charge in [-0.2, -0.15) is 4.98 Å². The van der Waals surface area contributed by atoms with Crippen molar-refractivity contribution in [2.45, 2.75) is 51.0 Å². The SMILES string of the molecule is CCc1noc(C2CCC(NC)CC2)n1. The van der Waals surface area contributed by atoms with Crippen LogP contribution < -0.4 is 5.32 Å². The van der Waals surface area contributed by atoms with Crippen LogP contribution >= 0.6 is 0 Å². The molecule has 1 aromatic heterocycles. The Kier molecular flexibility index (Phi) is 3.36. The van der Waals surface area contributed by atoms with Gasteiger partial charge in [-0.25, -0.2) is 0 Å². The van der Waals surface area contributed by atoms with Gasteiger partial charge in [0, 0.05) is 18.4 Å². The van der Waals surface area contributed by atoms with E-state index >= 15 is 0 Å². The summed E-state index contributed by atoms with van der Waals surface area (Å²) < 4.78 is 5.28. The maximum absolute atomic E-state index is 5.28. The van der Waals surface area contributed by atoms with Gasteiger partial charge in [0.1, 0.15) is 0 Å². The number of rotatable bonds is 3. The molecule has 4 nitrogen and oxygen atoms in total. The van der Waals surface area contributed by atoms with Crippen molar-refractivity contribution >= 4 is 0 Å². The zero-order chi connectivity index (χ0) is 10.7. The highest BCUT2D eigenvalue weighted by Crippen LogP contribution is 2.31. The van der Waals surface area contributed by atoms with E-state index in [4.69, 9.17) is 4.52 Å². The Balaban J connectivity index is 1.95. The van der Waals surface area contributed by atoms with Gasteiger partial charge in [-0.1, -0.05) is 12.1 Å². The highest BCUT2D eigenvalue weighted by molar-refractivity contribution is 4.96. The molecule has 0 spiro atoms. The van der Waals surface area contributed by atoms with Gasteiger partial charge in [-0.05, 0) is 32.7 Å². The average molecular weight is 209 g/mol. The van der Waals surface area contributed by atoms with Gasteiger partial charge in [0.2, 0.25) is 5.89 Å². The topological polar surface area (TPSA) is 51.0 Å². The van der Waals surface area contributed by atoms with Crippen LogP contribution in [0.3, 0.4) is 0 Å². The van der Waals surface area contributed by atoms with Crippen molar-refractivity contribution in [1.82, 2.24) is 15.5 Å². The molecule has 0 saturated heterocycles. The zero-order valence-corrected chi connectivity index (χ0v) is 9.49. The molecule has 0 unspecified atom stereocenters. The summed E-state index contributed by atoms with van der Waals surface area (Å²) in [4.78, 5) is 4.41. The second kappa shape index (κ2) is 4.75. The summed E-state index contributed by atoms with van der Waals surface area (Å²) in [5.74, 6) is 2.17. The van der Waals surface area contributed by atoms with Gasteiger partial charge in [-0.15, -0.1) is 0 Å². The van der Waals surface area contributed by atoms with E-state index in [-0.39, 0.29) is 0 Å². The lowest BCUT2D eigenvalue weighted by atomic mass is 9.86. The quantitative estimate of drug-likeness (QED) is 0.825. The molecule has 0 radical (unpaired) electrons. The molecule has 0 bridgehead atoms. The summed E-state index contributed by atoms with van der Waals surface area (Å²) >= 11 is 0. The largest absolute Gasteiger partial charge is 0.339 e. The van der Waals surface area contributed by atoms with Gasteiger partial charge in [0.05, 0.1) is 0 Å². The molecule has 1 aromatic rings. The van der Waals surface area contributed by atoms with Crippen LogP contribution in [0.4, 0.5) is 0 Å². The summed E-state index contributed by atoms with van der Waals surface area (Å²) in [5, 5.41) is 7.27. The van der Waals surface area contributed by atoms with Crippen LogP contribution in [-0.4, -0.2) is 23.2 Å². The third-order valence-electron chi connectivity index (χ3n) is 3.28. The first-order valence-electron chi connectivity index (χ1n) is 5.83. The van der Waals surface area contributed by atoms with Gasteiger partial charge in [-0.3, -0.25) is 0 Å². The Morgan fingerprint density at radius 1 is 1.33 bits per heavy atom. The maximum atomic E-state index is 5.28. The van der Waals surface area contributed by atoms with Crippen LogP contribution in [0.5, 0.6) is 0 Å². The van der Waals surface area contributed by atoms with Crippen LogP contribution in [0.25, 0.3) is 0 Å². The van der Waals surface area contributed by atoms with E-state index in [1.54, 1.807) is 0 Å². The Morgan fingerprint density at radius 2 is 2.07 bits per heavy atom. The van der Waals surface area contributed by atoms with E-state index in [2.05, 4.69) is 15.5 Å². The molecule has 2 rings (SSSR count). The second-order valence-electron chi connectivity index (χ2n) is 4.24. The minimum atomic E-state index is 0.488. The molecule has 0 aliphatic heterocycles. The molecule has 15 heavy (non-hydrogen) atoms. The summed E-state index contributed by atoms with van der Waals surface area (Å²) in [7, 11) is 2.03. The predicted octanol–water partition coefficient (Wildman–Crippen LogP) is 1.88. The monoisotopic (exact) mass is 209 g/mol. The Hall–Kier alpha value is -0.900. The Morgan fingerprint density at radius 3 is 2.60 bits per heavy atom. The van der Waals surface area contributed by atoms with Crippen LogP contribution in [-0.2, 0) is 6.42 Å². The van der Waals surface area contributed by atoms with Crippen molar-refractivity contribution in [3.05, 3.63) is 11.7 Å². The van der Waals surface area contributed by atoms with E-state index < -0.39 is 0 Å². The molecule has 0 atom stereocenters. The number of aromatic nitrogens is 2. The molecular weight excluding hydrogens is 190 g/mol. The van der Waals surface area contributed by atoms with Crippen molar-refractivity contribution in [3.63, 3.8) is 0 Å². The van der Waals surface area contributed by atoms with E-state index in [1.807, 2.05) is 14.0 Å². The summed E-state index contributed by atoms with van der Waals surface area (Å²) in [6.07, 6.45) is 5.61. The summed E-state index contributed by atoms with van der Waals surface area (Å²) in [5.41, 5.74) is 0. The van der Waals surface area contributed by atoms with Gasteiger partial charge < -0.3 is 9.84 Å².